The van der Waals surface area contributed by atoms with Gasteiger partial charge in [0.15, 0.2) is 11.6 Å². The monoisotopic (exact) mass is 220 g/mol. The molecular weight excluding hydrogens is 207 g/mol. The zero-order chi connectivity index (χ0) is 11.2. The smallest absolute Gasteiger partial charge is 0.165 e. The van der Waals surface area contributed by atoms with Crippen molar-refractivity contribution in [3.05, 3.63) is 42.4 Å². The van der Waals surface area contributed by atoms with Gasteiger partial charge in [-0.1, -0.05) is 0 Å². The topological polar surface area (TPSA) is 53.6 Å². The lowest BCUT2D eigenvalue weighted by Gasteiger charge is -2.04. The molecule has 2 heterocycles. The number of hydrogen-bond acceptors (Lipinski definition) is 3. The van der Waals surface area contributed by atoms with Crippen LogP contribution in [0.5, 0.6) is 0 Å². The quantitative estimate of drug-likeness (QED) is 0.758. The van der Waals surface area contributed by atoms with Crippen molar-refractivity contribution in [3.63, 3.8) is 0 Å². The minimum absolute atomic E-state index is 0.307. The van der Waals surface area contributed by atoms with E-state index in [4.69, 9.17) is 0 Å². The molecule has 0 aliphatic carbocycles. The number of aryl methyl sites for hydroxylation is 1. The summed E-state index contributed by atoms with van der Waals surface area (Å²) in [6.07, 6.45) is 6.80. The Hall–Kier alpha value is -1.91. The SMILES string of the molecule is Fc1cccnc1NCCCc1ncc[nH]1. The molecule has 5 heteroatoms. The Labute approximate surface area is 92.9 Å². The summed E-state index contributed by atoms with van der Waals surface area (Å²) < 4.78 is 13.1. The minimum atomic E-state index is -0.319. The number of rotatable bonds is 5. The molecule has 0 atom stereocenters. The van der Waals surface area contributed by atoms with Crippen molar-refractivity contribution in [2.45, 2.75) is 12.8 Å². The maximum atomic E-state index is 13.1. The standard InChI is InChI=1S/C11H13FN4/c12-9-3-1-5-15-11(9)16-6-2-4-10-13-7-8-14-10/h1,3,5,7-8H,2,4,6H2,(H,13,14)(H,15,16). The number of pyridine rings is 1. The molecule has 2 N–H and O–H groups in total. The van der Waals surface area contributed by atoms with E-state index in [0.29, 0.717) is 12.4 Å². The highest BCUT2D eigenvalue weighted by Gasteiger charge is 2.00. The molecule has 0 bridgehead atoms. The molecule has 0 saturated carbocycles. The van der Waals surface area contributed by atoms with Crippen LogP contribution >= 0.6 is 0 Å². The normalized spacial score (nSPS) is 10.3. The van der Waals surface area contributed by atoms with Crippen molar-refractivity contribution in [2.75, 3.05) is 11.9 Å². The van der Waals surface area contributed by atoms with E-state index in [1.165, 1.54) is 6.07 Å². The minimum Gasteiger partial charge on any atom is -0.368 e. The third-order valence-electron chi connectivity index (χ3n) is 2.20. The highest BCUT2D eigenvalue weighted by molar-refractivity contribution is 5.35. The van der Waals surface area contributed by atoms with Crippen LogP contribution < -0.4 is 5.32 Å². The van der Waals surface area contributed by atoms with Crippen LogP contribution in [0, 0.1) is 5.82 Å². The van der Waals surface area contributed by atoms with Gasteiger partial charge >= 0.3 is 0 Å². The molecule has 0 aromatic carbocycles. The predicted octanol–water partition coefficient (Wildman–Crippen LogP) is 1.99. The Morgan fingerprint density at radius 2 is 2.25 bits per heavy atom. The lowest BCUT2D eigenvalue weighted by Crippen LogP contribution is -2.06. The second kappa shape index (κ2) is 5.25. The van der Waals surface area contributed by atoms with E-state index in [1.807, 2.05) is 0 Å². The van der Waals surface area contributed by atoms with Crippen LogP contribution in [0.1, 0.15) is 12.2 Å². The van der Waals surface area contributed by atoms with E-state index in [0.717, 1.165) is 18.7 Å². The summed E-state index contributed by atoms with van der Waals surface area (Å²) in [5, 5.41) is 2.95. The fraction of sp³-hybridized carbons (Fsp3) is 0.273. The van der Waals surface area contributed by atoms with E-state index >= 15 is 0 Å². The van der Waals surface area contributed by atoms with Gasteiger partial charge in [-0.05, 0) is 18.6 Å². The predicted molar refractivity (Wildman–Crippen MR) is 59.6 cm³/mol. The number of halogens is 1. The van der Waals surface area contributed by atoms with E-state index in [-0.39, 0.29) is 5.82 Å². The number of hydrogen-bond donors (Lipinski definition) is 2. The molecule has 0 radical (unpaired) electrons. The summed E-state index contributed by atoms with van der Waals surface area (Å²) in [5.74, 6) is 0.936. The van der Waals surface area contributed by atoms with Crippen LogP contribution in [0.2, 0.25) is 0 Å². The Kier molecular flexibility index (Phi) is 3.48. The molecule has 0 spiro atoms. The maximum Gasteiger partial charge on any atom is 0.165 e. The molecule has 0 fully saturated rings. The van der Waals surface area contributed by atoms with Crippen LogP contribution in [0.15, 0.2) is 30.7 Å². The lowest BCUT2D eigenvalue weighted by atomic mass is 10.3. The second-order valence-electron chi connectivity index (χ2n) is 3.40. The highest BCUT2D eigenvalue weighted by atomic mass is 19.1. The van der Waals surface area contributed by atoms with Gasteiger partial charge in [-0.3, -0.25) is 0 Å². The summed E-state index contributed by atoms with van der Waals surface area (Å²) in [6, 6.07) is 2.96. The van der Waals surface area contributed by atoms with Gasteiger partial charge in [0.2, 0.25) is 0 Å². The number of H-pyrrole nitrogens is 1. The molecule has 84 valence electrons. The Balaban J connectivity index is 1.74. The van der Waals surface area contributed by atoms with Crippen LogP contribution in [-0.4, -0.2) is 21.5 Å². The number of nitrogens with zero attached hydrogens (tertiary/aromatic N) is 2. The van der Waals surface area contributed by atoms with E-state index in [2.05, 4.69) is 20.3 Å². The zero-order valence-electron chi connectivity index (χ0n) is 8.78. The van der Waals surface area contributed by atoms with Crippen LogP contribution in [0.25, 0.3) is 0 Å². The van der Waals surface area contributed by atoms with Crippen LogP contribution in [0.4, 0.5) is 10.2 Å². The van der Waals surface area contributed by atoms with Crippen molar-refractivity contribution in [1.82, 2.24) is 15.0 Å². The van der Waals surface area contributed by atoms with E-state index in [1.54, 1.807) is 24.7 Å². The number of nitrogens with one attached hydrogen (secondary N) is 2. The van der Waals surface area contributed by atoms with Gasteiger partial charge in [-0.2, -0.15) is 0 Å². The summed E-state index contributed by atoms with van der Waals surface area (Å²) >= 11 is 0. The van der Waals surface area contributed by atoms with Gasteiger partial charge < -0.3 is 10.3 Å². The van der Waals surface area contributed by atoms with Crippen molar-refractivity contribution in [2.24, 2.45) is 0 Å². The molecule has 4 nitrogen and oxygen atoms in total. The van der Waals surface area contributed by atoms with Crippen LogP contribution in [-0.2, 0) is 6.42 Å². The van der Waals surface area contributed by atoms with Crippen molar-refractivity contribution < 1.29 is 4.39 Å². The number of aromatic nitrogens is 3. The van der Waals surface area contributed by atoms with Crippen LogP contribution in [0.3, 0.4) is 0 Å². The molecule has 2 rings (SSSR count). The number of aromatic amines is 1. The Morgan fingerprint density at radius 3 is 3.00 bits per heavy atom. The molecule has 2 aromatic rings. The van der Waals surface area contributed by atoms with Crippen molar-refractivity contribution in [3.8, 4) is 0 Å². The first kappa shape index (κ1) is 10.6. The zero-order valence-corrected chi connectivity index (χ0v) is 8.78. The second-order valence-corrected chi connectivity index (χ2v) is 3.40. The van der Waals surface area contributed by atoms with Gasteiger partial charge in [0, 0.05) is 31.6 Å². The number of imidazole rings is 1. The fourth-order valence-electron chi connectivity index (χ4n) is 1.41. The summed E-state index contributed by atoms with van der Waals surface area (Å²) in [6.45, 7) is 0.675. The maximum absolute atomic E-state index is 13.1. The first-order valence-electron chi connectivity index (χ1n) is 5.19. The van der Waals surface area contributed by atoms with Gasteiger partial charge in [-0.15, -0.1) is 0 Å². The van der Waals surface area contributed by atoms with Gasteiger partial charge in [0.1, 0.15) is 5.82 Å². The molecule has 0 saturated heterocycles. The fourth-order valence-corrected chi connectivity index (χ4v) is 1.41. The first-order valence-corrected chi connectivity index (χ1v) is 5.19. The molecule has 0 aliphatic rings. The average molecular weight is 220 g/mol. The molecule has 2 aromatic heterocycles. The summed E-state index contributed by atoms with van der Waals surface area (Å²) in [5.41, 5.74) is 0. The molecule has 0 amide bonds. The highest BCUT2D eigenvalue weighted by Crippen LogP contribution is 2.08. The lowest BCUT2D eigenvalue weighted by molar-refractivity contribution is 0.623. The van der Waals surface area contributed by atoms with Crippen molar-refractivity contribution >= 4 is 5.82 Å². The average Bonchev–Trinajstić information content (AvgIpc) is 2.79. The largest absolute Gasteiger partial charge is 0.368 e. The van der Waals surface area contributed by atoms with Gasteiger partial charge in [0.25, 0.3) is 0 Å². The van der Waals surface area contributed by atoms with Crippen molar-refractivity contribution in [1.29, 1.82) is 0 Å². The third kappa shape index (κ3) is 2.79. The van der Waals surface area contributed by atoms with E-state index < -0.39 is 0 Å². The Morgan fingerprint density at radius 1 is 1.31 bits per heavy atom. The van der Waals surface area contributed by atoms with E-state index in [9.17, 15) is 4.39 Å². The summed E-state index contributed by atoms with van der Waals surface area (Å²) in [4.78, 5) is 11.0. The molecule has 16 heavy (non-hydrogen) atoms. The molecular formula is C11H13FN4. The van der Waals surface area contributed by atoms with Gasteiger partial charge in [0.05, 0.1) is 0 Å². The third-order valence-corrected chi connectivity index (χ3v) is 2.20. The summed E-state index contributed by atoms with van der Waals surface area (Å²) in [7, 11) is 0. The molecule has 0 unspecified atom stereocenters. The first-order chi connectivity index (χ1) is 7.86. The Bertz CT molecular complexity index is 427. The number of anilines is 1. The van der Waals surface area contributed by atoms with Gasteiger partial charge in [-0.25, -0.2) is 14.4 Å². The molecule has 0 aliphatic heterocycles.